The zero-order valence-corrected chi connectivity index (χ0v) is 15.6. The number of halogens is 1. The molecule has 2 aliphatic heterocycles. The highest BCUT2D eigenvalue weighted by Gasteiger charge is 2.57. The Hall–Kier alpha value is -1.89. The van der Waals surface area contributed by atoms with Gasteiger partial charge in [-0.2, -0.15) is 5.10 Å². The van der Waals surface area contributed by atoms with Crippen LogP contribution >= 0.6 is 11.6 Å². The van der Waals surface area contributed by atoms with Crippen molar-refractivity contribution in [3.05, 3.63) is 52.8 Å². The number of aliphatic carboxylic acids is 1. The summed E-state index contributed by atoms with van der Waals surface area (Å²) >= 11 is 6.22. The lowest BCUT2D eigenvalue weighted by Gasteiger charge is -2.25. The molecule has 2 atom stereocenters. The normalized spacial score (nSPS) is 26.3. The Bertz CT molecular complexity index is 809. The van der Waals surface area contributed by atoms with Crippen LogP contribution in [0.1, 0.15) is 11.3 Å². The molecule has 3 heterocycles. The minimum absolute atomic E-state index is 0.131. The van der Waals surface area contributed by atoms with Crippen molar-refractivity contribution in [2.75, 3.05) is 26.2 Å². The number of carboxylic acids is 1. The number of aryl methyl sites for hydroxylation is 1. The molecule has 0 radical (unpaired) electrons. The molecule has 26 heavy (non-hydrogen) atoms. The van der Waals surface area contributed by atoms with Crippen LogP contribution in [0.4, 0.5) is 0 Å². The van der Waals surface area contributed by atoms with Gasteiger partial charge in [0.05, 0.1) is 16.1 Å². The highest BCUT2D eigenvalue weighted by atomic mass is 35.5. The number of hydrogen-bond donors (Lipinski definition) is 1. The zero-order valence-electron chi connectivity index (χ0n) is 14.8. The van der Waals surface area contributed by atoms with Crippen molar-refractivity contribution in [1.29, 1.82) is 0 Å². The van der Waals surface area contributed by atoms with E-state index < -0.39 is 11.4 Å². The maximum Gasteiger partial charge on any atom is 0.312 e. The van der Waals surface area contributed by atoms with Crippen molar-refractivity contribution in [2.45, 2.75) is 13.1 Å². The fourth-order valence-electron chi connectivity index (χ4n) is 4.48. The molecule has 2 fully saturated rings. The molecule has 1 aromatic carbocycles. The third kappa shape index (κ3) is 3.13. The molecule has 2 saturated heterocycles. The van der Waals surface area contributed by atoms with Crippen LogP contribution in [0.3, 0.4) is 0 Å². The fourth-order valence-corrected chi connectivity index (χ4v) is 4.72. The first-order valence-electron chi connectivity index (χ1n) is 8.86. The number of rotatable bonds is 5. The first-order chi connectivity index (χ1) is 12.5. The topological polar surface area (TPSA) is 61.6 Å². The molecule has 0 aliphatic carbocycles. The summed E-state index contributed by atoms with van der Waals surface area (Å²) in [6, 6.07) is 10.2. The Labute approximate surface area is 158 Å². The van der Waals surface area contributed by atoms with Gasteiger partial charge < -0.3 is 5.11 Å². The number of aromatic nitrogens is 2. The standard InChI is InChI=1S/C19H23ClN4O2/c1-22-10-16(20)17(21-22)11-24-9-15-8-23(7-14-5-3-2-4-6-14)12-19(15,13-24)18(25)26/h2-6,10,15H,7-9,11-13H2,1H3,(H,25,26)/t15-,19-/m0/s1. The van der Waals surface area contributed by atoms with Crippen LogP contribution in [-0.4, -0.2) is 56.8 Å². The number of likely N-dealkylation sites (tertiary alicyclic amines) is 2. The zero-order chi connectivity index (χ0) is 18.3. The minimum atomic E-state index is -0.698. The van der Waals surface area contributed by atoms with Gasteiger partial charge >= 0.3 is 5.97 Å². The number of hydrogen-bond acceptors (Lipinski definition) is 4. The predicted molar refractivity (Wildman–Crippen MR) is 98.8 cm³/mol. The van der Waals surface area contributed by atoms with Crippen LogP contribution in [0, 0.1) is 11.3 Å². The lowest BCUT2D eigenvalue weighted by Crippen LogP contribution is -2.40. The first-order valence-corrected chi connectivity index (χ1v) is 9.24. The van der Waals surface area contributed by atoms with Gasteiger partial charge in [-0.15, -0.1) is 0 Å². The van der Waals surface area contributed by atoms with Crippen molar-refractivity contribution >= 4 is 17.6 Å². The van der Waals surface area contributed by atoms with E-state index in [2.05, 4.69) is 27.0 Å². The third-order valence-electron chi connectivity index (χ3n) is 5.65. The number of carboxylic acid groups (broad SMARTS) is 1. The van der Waals surface area contributed by atoms with Gasteiger partial charge in [0.25, 0.3) is 0 Å². The molecular weight excluding hydrogens is 352 g/mol. The predicted octanol–water partition coefficient (Wildman–Crippen LogP) is 2.09. The van der Waals surface area contributed by atoms with Crippen molar-refractivity contribution in [3.63, 3.8) is 0 Å². The molecule has 0 amide bonds. The second-order valence-electron chi connectivity index (χ2n) is 7.58. The third-order valence-corrected chi connectivity index (χ3v) is 5.97. The Morgan fingerprint density at radius 1 is 1.23 bits per heavy atom. The van der Waals surface area contributed by atoms with E-state index in [1.54, 1.807) is 10.9 Å². The maximum atomic E-state index is 12.2. The summed E-state index contributed by atoms with van der Waals surface area (Å²) in [5.41, 5.74) is 1.34. The molecule has 4 rings (SSSR count). The molecule has 0 bridgehead atoms. The fraction of sp³-hybridized carbons (Fsp3) is 0.474. The number of benzene rings is 1. The molecular formula is C19H23ClN4O2. The largest absolute Gasteiger partial charge is 0.481 e. The van der Waals surface area contributed by atoms with Crippen molar-refractivity contribution in [2.24, 2.45) is 18.4 Å². The van der Waals surface area contributed by atoms with Crippen LogP contribution in [0.15, 0.2) is 36.5 Å². The Morgan fingerprint density at radius 2 is 1.88 bits per heavy atom. The average molecular weight is 375 g/mol. The summed E-state index contributed by atoms with van der Waals surface area (Å²) < 4.78 is 1.70. The highest BCUT2D eigenvalue weighted by molar-refractivity contribution is 6.31. The molecule has 0 unspecified atom stereocenters. The van der Waals surface area contributed by atoms with Crippen LogP contribution in [0.25, 0.3) is 0 Å². The summed E-state index contributed by atoms with van der Waals surface area (Å²) in [6.45, 7) is 4.13. The molecule has 0 spiro atoms. The number of fused-ring (bicyclic) bond motifs is 1. The molecule has 2 aliphatic rings. The Morgan fingerprint density at radius 3 is 2.42 bits per heavy atom. The molecule has 2 aromatic rings. The lowest BCUT2D eigenvalue weighted by molar-refractivity contribution is -0.149. The summed E-state index contributed by atoms with van der Waals surface area (Å²) in [5.74, 6) is -0.557. The maximum absolute atomic E-state index is 12.2. The van der Waals surface area contributed by atoms with Gasteiger partial charge in [-0.3, -0.25) is 19.3 Å². The number of nitrogens with zero attached hydrogens (tertiary/aromatic N) is 4. The summed E-state index contributed by atoms with van der Waals surface area (Å²) in [4.78, 5) is 16.6. The van der Waals surface area contributed by atoms with Gasteiger partial charge in [-0.25, -0.2) is 0 Å². The molecule has 6 nitrogen and oxygen atoms in total. The van der Waals surface area contributed by atoms with E-state index in [0.717, 1.165) is 25.3 Å². The Kier molecular flexibility index (Phi) is 4.50. The van der Waals surface area contributed by atoms with Crippen LogP contribution in [0.5, 0.6) is 0 Å². The monoisotopic (exact) mass is 374 g/mol. The van der Waals surface area contributed by atoms with E-state index in [4.69, 9.17) is 11.6 Å². The highest BCUT2D eigenvalue weighted by Crippen LogP contribution is 2.43. The molecule has 1 aromatic heterocycles. The molecule has 138 valence electrons. The van der Waals surface area contributed by atoms with Crippen molar-refractivity contribution < 1.29 is 9.90 Å². The number of carbonyl (C=O) groups is 1. The average Bonchev–Trinajstić information content (AvgIpc) is 3.19. The van der Waals surface area contributed by atoms with Gasteiger partial charge in [-0.1, -0.05) is 41.9 Å². The second-order valence-corrected chi connectivity index (χ2v) is 7.99. The van der Waals surface area contributed by atoms with Crippen LogP contribution < -0.4 is 0 Å². The van der Waals surface area contributed by atoms with Crippen LogP contribution in [0.2, 0.25) is 5.02 Å². The smallest absolute Gasteiger partial charge is 0.312 e. The first kappa shape index (κ1) is 17.5. The van der Waals surface area contributed by atoms with E-state index >= 15 is 0 Å². The van der Waals surface area contributed by atoms with Crippen molar-refractivity contribution in [3.8, 4) is 0 Å². The van der Waals surface area contributed by atoms with Gasteiger partial charge in [0.15, 0.2) is 0 Å². The van der Waals surface area contributed by atoms with E-state index in [-0.39, 0.29) is 5.92 Å². The second kappa shape index (κ2) is 6.68. The van der Waals surface area contributed by atoms with Gasteiger partial charge in [-0.05, 0) is 5.56 Å². The van der Waals surface area contributed by atoms with Gasteiger partial charge in [0, 0.05) is 58.4 Å². The van der Waals surface area contributed by atoms with Gasteiger partial charge in [0.1, 0.15) is 0 Å². The van der Waals surface area contributed by atoms with E-state index in [1.165, 1.54) is 5.56 Å². The quantitative estimate of drug-likeness (QED) is 0.868. The summed E-state index contributed by atoms with van der Waals surface area (Å²) in [7, 11) is 1.84. The van der Waals surface area contributed by atoms with E-state index in [9.17, 15) is 9.90 Å². The van der Waals surface area contributed by atoms with Crippen molar-refractivity contribution in [1.82, 2.24) is 19.6 Å². The van der Waals surface area contributed by atoms with Crippen LogP contribution in [-0.2, 0) is 24.9 Å². The SMILES string of the molecule is Cn1cc(Cl)c(CN2C[C@@H]3CN(Cc4ccccc4)C[C@]3(C(=O)O)C2)n1. The van der Waals surface area contributed by atoms with E-state index in [1.807, 2.05) is 25.2 Å². The molecule has 7 heteroatoms. The van der Waals surface area contributed by atoms with Gasteiger partial charge in [0.2, 0.25) is 0 Å². The van der Waals surface area contributed by atoms with E-state index in [0.29, 0.717) is 24.7 Å². The minimum Gasteiger partial charge on any atom is -0.481 e. The Balaban J connectivity index is 1.47. The summed E-state index contributed by atoms with van der Waals surface area (Å²) in [5, 5.41) is 15.0. The lowest BCUT2D eigenvalue weighted by atomic mass is 9.81. The summed E-state index contributed by atoms with van der Waals surface area (Å²) in [6.07, 6.45) is 1.78. The molecule has 0 saturated carbocycles. The molecule has 1 N–H and O–H groups in total.